The highest BCUT2D eigenvalue weighted by Gasteiger charge is 2.10. The molecule has 0 aliphatic heterocycles. The Morgan fingerprint density at radius 3 is 2.40 bits per heavy atom. The van der Waals surface area contributed by atoms with Gasteiger partial charge in [0.25, 0.3) is 0 Å². The smallest absolute Gasteiger partial charge is 0.162 e. The summed E-state index contributed by atoms with van der Waals surface area (Å²) < 4.78 is 17.4. The largest absolute Gasteiger partial charge is 0.497 e. The third-order valence-electron chi connectivity index (χ3n) is 3.86. The molecule has 0 fully saturated rings. The van der Waals surface area contributed by atoms with Gasteiger partial charge in [-0.1, -0.05) is 35.0 Å². The minimum Gasteiger partial charge on any atom is -0.497 e. The summed E-state index contributed by atoms with van der Waals surface area (Å²) in [5.74, 6) is 2.43. The zero-order valence-corrected chi connectivity index (χ0v) is 16.7. The van der Waals surface area contributed by atoms with Gasteiger partial charge in [-0.15, -0.1) is 0 Å². The number of ether oxygens (including phenoxy) is 3. The summed E-state index contributed by atoms with van der Waals surface area (Å²) in [5, 5.41) is 3.48. The van der Waals surface area contributed by atoms with Crippen molar-refractivity contribution < 1.29 is 14.2 Å². The molecule has 25 heavy (non-hydrogen) atoms. The van der Waals surface area contributed by atoms with Crippen LogP contribution in [-0.2, 0) is 13.0 Å². The third kappa shape index (κ3) is 5.94. The minimum absolute atomic E-state index is 0.683. The lowest BCUT2D eigenvalue weighted by molar-refractivity contribution is 0.294. The van der Waals surface area contributed by atoms with E-state index in [9.17, 15) is 0 Å². The molecule has 136 valence electrons. The van der Waals surface area contributed by atoms with Gasteiger partial charge in [0.1, 0.15) is 5.75 Å². The molecule has 0 amide bonds. The van der Waals surface area contributed by atoms with Crippen LogP contribution in [0.3, 0.4) is 0 Å². The van der Waals surface area contributed by atoms with Gasteiger partial charge in [0, 0.05) is 11.0 Å². The van der Waals surface area contributed by atoms with Crippen LogP contribution in [0.4, 0.5) is 0 Å². The predicted octanol–water partition coefficient (Wildman–Crippen LogP) is 4.59. The van der Waals surface area contributed by atoms with Crippen molar-refractivity contribution in [2.45, 2.75) is 26.3 Å². The molecule has 2 aromatic rings. The number of benzene rings is 2. The van der Waals surface area contributed by atoms with Crippen molar-refractivity contribution in [1.82, 2.24) is 5.32 Å². The van der Waals surface area contributed by atoms with Crippen molar-refractivity contribution in [3.05, 3.63) is 52.0 Å². The fourth-order valence-electron chi connectivity index (χ4n) is 2.45. The zero-order valence-electron chi connectivity index (χ0n) is 15.1. The SMILES string of the molecule is CCCOc1cc(Br)c(CNCCc2ccc(OC)cc2)cc1OC. The van der Waals surface area contributed by atoms with E-state index >= 15 is 0 Å². The molecule has 0 radical (unpaired) electrons. The average molecular weight is 408 g/mol. The second-order valence-corrected chi connectivity index (χ2v) is 6.57. The second-order valence-electron chi connectivity index (χ2n) is 5.72. The molecule has 0 atom stereocenters. The number of rotatable bonds is 10. The van der Waals surface area contributed by atoms with Crippen LogP contribution in [0.1, 0.15) is 24.5 Å². The number of hydrogen-bond donors (Lipinski definition) is 1. The van der Waals surface area contributed by atoms with Crippen LogP contribution in [0.5, 0.6) is 17.2 Å². The number of methoxy groups -OCH3 is 2. The van der Waals surface area contributed by atoms with Gasteiger partial charge in [-0.25, -0.2) is 0 Å². The lowest BCUT2D eigenvalue weighted by atomic mass is 10.1. The molecule has 2 rings (SSSR count). The van der Waals surface area contributed by atoms with E-state index in [0.717, 1.165) is 53.2 Å². The van der Waals surface area contributed by atoms with E-state index in [4.69, 9.17) is 14.2 Å². The van der Waals surface area contributed by atoms with Gasteiger partial charge >= 0.3 is 0 Å². The first-order valence-corrected chi connectivity index (χ1v) is 9.30. The summed E-state index contributed by atoms with van der Waals surface area (Å²) in [6.07, 6.45) is 1.94. The fraction of sp³-hybridized carbons (Fsp3) is 0.400. The molecule has 0 aromatic heterocycles. The Morgan fingerprint density at radius 1 is 1.00 bits per heavy atom. The molecule has 0 spiro atoms. The number of halogens is 1. The first-order valence-electron chi connectivity index (χ1n) is 8.50. The Morgan fingerprint density at radius 2 is 1.76 bits per heavy atom. The molecule has 5 heteroatoms. The van der Waals surface area contributed by atoms with Gasteiger partial charge in [0.05, 0.1) is 20.8 Å². The van der Waals surface area contributed by atoms with Crippen molar-refractivity contribution in [3.63, 3.8) is 0 Å². The van der Waals surface area contributed by atoms with Crippen molar-refractivity contribution >= 4 is 15.9 Å². The van der Waals surface area contributed by atoms with Crippen LogP contribution in [0.2, 0.25) is 0 Å². The average Bonchev–Trinajstić information content (AvgIpc) is 2.65. The van der Waals surface area contributed by atoms with Crippen molar-refractivity contribution in [2.75, 3.05) is 27.4 Å². The van der Waals surface area contributed by atoms with E-state index in [1.165, 1.54) is 5.56 Å². The highest BCUT2D eigenvalue weighted by Crippen LogP contribution is 2.33. The Balaban J connectivity index is 1.89. The lowest BCUT2D eigenvalue weighted by Gasteiger charge is -2.14. The van der Waals surface area contributed by atoms with E-state index in [1.807, 2.05) is 24.3 Å². The standard InChI is InChI=1S/C20H26BrNO3/c1-4-11-25-20-13-18(21)16(12-19(20)24-3)14-22-10-9-15-5-7-17(23-2)8-6-15/h5-8,12-13,22H,4,9-11,14H2,1-3H3. The summed E-state index contributed by atoms with van der Waals surface area (Å²) in [6.45, 7) is 4.43. The van der Waals surface area contributed by atoms with E-state index in [0.29, 0.717) is 6.61 Å². The molecular weight excluding hydrogens is 382 g/mol. The van der Waals surface area contributed by atoms with Crippen molar-refractivity contribution in [2.24, 2.45) is 0 Å². The van der Waals surface area contributed by atoms with E-state index in [-0.39, 0.29) is 0 Å². The summed E-state index contributed by atoms with van der Waals surface area (Å²) >= 11 is 3.63. The van der Waals surface area contributed by atoms with E-state index < -0.39 is 0 Å². The highest BCUT2D eigenvalue weighted by molar-refractivity contribution is 9.10. The maximum absolute atomic E-state index is 5.73. The van der Waals surface area contributed by atoms with Crippen LogP contribution in [-0.4, -0.2) is 27.4 Å². The van der Waals surface area contributed by atoms with Gasteiger partial charge < -0.3 is 19.5 Å². The summed E-state index contributed by atoms with van der Waals surface area (Å²) in [4.78, 5) is 0. The molecule has 1 N–H and O–H groups in total. The topological polar surface area (TPSA) is 39.7 Å². The molecule has 2 aromatic carbocycles. The maximum Gasteiger partial charge on any atom is 0.162 e. The van der Waals surface area contributed by atoms with E-state index in [2.05, 4.69) is 40.3 Å². The zero-order chi connectivity index (χ0) is 18.1. The maximum atomic E-state index is 5.73. The predicted molar refractivity (Wildman–Crippen MR) is 105 cm³/mol. The Bertz CT molecular complexity index is 659. The summed E-state index contributed by atoms with van der Waals surface area (Å²) in [6, 6.07) is 12.2. The third-order valence-corrected chi connectivity index (χ3v) is 4.60. The Kier molecular flexibility index (Phi) is 8.09. The first-order chi connectivity index (χ1) is 12.2. The Labute approximate surface area is 158 Å². The summed E-state index contributed by atoms with van der Waals surface area (Å²) in [5.41, 5.74) is 2.43. The minimum atomic E-state index is 0.683. The van der Waals surface area contributed by atoms with Crippen molar-refractivity contribution in [1.29, 1.82) is 0 Å². The number of hydrogen-bond acceptors (Lipinski definition) is 4. The highest BCUT2D eigenvalue weighted by atomic mass is 79.9. The lowest BCUT2D eigenvalue weighted by Crippen LogP contribution is -2.17. The van der Waals surface area contributed by atoms with Crippen LogP contribution in [0, 0.1) is 0 Å². The molecule has 0 heterocycles. The molecule has 4 nitrogen and oxygen atoms in total. The van der Waals surface area contributed by atoms with Crippen molar-refractivity contribution in [3.8, 4) is 17.2 Å². The first kappa shape index (κ1) is 19.6. The molecule has 0 saturated heterocycles. The summed E-state index contributed by atoms with van der Waals surface area (Å²) in [7, 11) is 3.35. The quantitative estimate of drug-likeness (QED) is 0.584. The van der Waals surface area contributed by atoms with Gasteiger partial charge in [-0.05, 0) is 54.8 Å². The Hall–Kier alpha value is -1.72. The normalized spacial score (nSPS) is 10.6. The molecule has 0 aliphatic rings. The molecular formula is C20H26BrNO3. The van der Waals surface area contributed by atoms with Gasteiger partial charge in [-0.3, -0.25) is 0 Å². The molecule has 0 saturated carbocycles. The fourth-order valence-corrected chi connectivity index (χ4v) is 2.91. The molecule has 0 aliphatic carbocycles. The number of nitrogens with one attached hydrogen (secondary N) is 1. The van der Waals surface area contributed by atoms with Gasteiger partial charge in [-0.2, -0.15) is 0 Å². The monoisotopic (exact) mass is 407 g/mol. The van der Waals surface area contributed by atoms with Gasteiger partial charge in [0.2, 0.25) is 0 Å². The molecule has 0 unspecified atom stereocenters. The van der Waals surface area contributed by atoms with Crippen LogP contribution < -0.4 is 19.5 Å². The van der Waals surface area contributed by atoms with E-state index in [1.54, 1.807) is 14.2 Å². The molecule has 0 bridgehead atoms. The van der Waals surface area contributed by atoms with Crippen LogP contribution >= 0.6 is 15.9 Å². The van der Waals surface area contributed by atoms with Gasteiger partial charge in [0.15, 0.2) is 11.5 Å². The van der Waals surface area contributed by atoms with Crippen LogP contribution in [0.15, 0.2) is 40.9 Å². The second kappa shape index (κ2) is 10.3. The van der Waals surface area contributed by atoms with Crippen LogP contribution in [0.25, 0.3) is 0 Å².